The van der Waals surface area contributed by atoms with Crippen LogP contribution < -0.4 is 5.32 Å². The molecule has 130 valence electrons. The molecule has 1 saturated heterocycles. The maximum absolute atomic E-state index is 12.7. The average molecular weight is 329 g/mol. The normalized spacial score (nSPS) is 22.4. The molecular formula is C19H27N3O2. The van der Waals surface area contributed by atoms with Crippen molar-refractivity contribution in [3.63, 3.8) is 0 Å². The maximum atomic E-state index is 12.7. The molecule has 1 amide bonds. The van der Waals surface area contributed by atoms with Gasteiger partial charge < -0.3 is 14.6 Å². The van der Waals surface area contributed by atoms with Crippen LogP contribution in [0.2, 0.25) is 0 Å². The van der Waals surface area contributed by atoms with E-state index in [1.807, 2.05) is 44.2 Å². The Kier molecular flexibility index (Phi) is 4.92. The predicted octanol–water partition coefficient (Wildman–Crippen LogP) is 2.63. The van der Waals surface area contributed by atoms with E-state index in [4.69, 9.17) is 4.42 Å². The van der Waals surface area contributed by atoms with Crippen LogP contribution in [0.15, 0.2) is 34.7 Å². The lowest BCUT2D eigenvalue weighted by Gasteiger charge is -2.41. The number of nitrogens with one attached hydrogen (secondary N) is 1. The molecule has 5 heteroatoms. The van der Waals surface area contributed by atoms with E-state index in [1.54, 1.807) is 0 Å². The van der Waals surface area contributed by atoms with Crippen LogP contribution in [0.5, 0.6) is 0 Å². The third-order valence-corrected chi connectivity index (χ3v) is 4.99. The van der Waals surface area contributed by atoms with E-state index in [1.165, 1.54) is 0 Å². The summed E-state index contributed by atoms with van der Waals surface area (Å²) in [4.78, 5) is 17.2. The minimum atomic E-state index is -0.143. The van der Waals surface area contributed by atoms with Crippen molar-refractivity contribution < 1.29 is 9.21 Å². The Morgan fingerprint density at radius 2 is 2.04 bits per heavy atom. The summed E-state index contributed by atoms with van der Waals surface area (Å²) in [6.45, 7) is 9.06. The molecule has 1 N–H and O–H groups in total. The molecule has 0 radical (unpaired) electrons. The third-order valence-electron chi connectivity index (χ3n) is 4.99. The molecule has 0 saturated carbocycles. The zero-order valence-corrected chi connectivity index (χ0v) is 15.0. The minimum absolute atomic E-state index is 0.0550. The fraction of sp³-hybridized carbons (Fsp3) is 0.526. The summed E-state index contributed by atoms with van der Waals surface area (Å²) in [5.74, 6) is 0.850. The molecule has 24 heavy (non-hydrogen) atoms. The summed E-state index contributed by atoms with van der Waals surface area (Å²) in [6, 6.07) is 10.0. The number of rotatable bonds is 4. The average Bonchev–Trinajstić information content (AvgIpc) is 2.98. The second-order valence-electron chi connectivity index (χ2n) is 6.94. The lowest BCUT2D eigenvalue weighted by molar-refractivity contribution is -0.128. The molecule has 1 aliphatic heterocycles. The molecular weight excluding hydrogens is 302 g/mol. The molecule has 5 nitrogen and oxygen atoms in total. The van der Waals surface area contributed by atoms with Crippen molar-refractivity contribution in [1.82, 2.24) is 15.1 Å². The first-order chi connectivity index (χ1) is 11.5. The first-order valence-electron chi connectivity index (χ1n) is 8.69. The Balaban J connectivity index is 1.65. The Hall–Kier alpha value is -1.85. The Morgan fingerprint density at radius 1 is 1.29 bits per heavy atom. The number of benzene rings is 1. The fourth-order valence-electron chi connectivity index (χ4n) is 3.50. The number of carbonyl (C=O) groups excluding carboxylic acids is 1. The molecule has 1 fully saturated rings. The van der Waals surface area contributed by atoms with Crippen molar-refractivity contribution in [3.8, 4) is 0 Å². The Bertz CT molecular complexity index is 678. The van der Waals surface area contributed by atoms with Crippen LogP contribution in [0, 0.1) is 0 Å². The highest BCUT2D eigenvalue weighted by atomic mass is 16.3. The van der Waals surface area contributed by atoms with Gasteiger partial charge in [-0.15, -0.1) is 0 Å². The highest BCUT2D eigenvalue weighted by molar-refractivity contribution is 5.82. The largest absolute Gasteiger partial charge is 0.459 e. The number of nitrogens with zero attached hydrogens (tertiary/aromatic N) is 2. The lowest BCUT2D eigenvalue weighted by Crippen LogP contribution is -2.57. The van der Waals surface area contributed by atoms with E-state index in [0.717, 1.165) is 36.4 Å². The SMILES string of the molecule is C[C@H](NC(=O)[C@@H](C)N1CCN(C)C[C@@H]1C)c1cc2ccccc2o1. The van der Waals surface area contributed by atoms with Gasteiger partial charge in [-0.2, -0.15) is 0 Å². The third kappa shape index (κ3) is 3.47. The van der Waals surface area contributed by atoms with Crippen LogP contribution in [0.3, 0.4) is 0 Å². The molecule has 1 aliphatic rings. The van der Waals surface area contributed by atoms with E-state index >= 15 is 0 Å². The van der Waals surface area contributed by atoms with Gasteiger partial charge >= 0.3 is 0 Å². The van der Waals surface area contributed by atoms with Crippen molar-refractivity contribution in [2.24, 2.45) is 0 Å². The van der Waals surface area contributed by atoms with Crippen LogP contribution in [0.4, 0.5) is 0 Å². The fourth-order valence-corrected chi connectivity index (χ4v) is 3.50. The van der Waals surface area contributed by atoms with Crippen molar-refractivity contribution >= 4 is 16.9 Å². The highest BCUT2D eigenvalue weighted by Crippen LogP contribution is 2.24. The molecule has 2 aromatic rings. The van der Waals surface area contributed by atoms with Gasteiger partial charge in [0, 0.05) is 31.1 Å². The van der Waals surface area contributed by atoms with Gasteiger partial charge in [0.2, 0.25) is 5.91 Å². The number of carbonyl (C=O) groups is 1. The van der Waals surface area contributed by atoms with Gasteiger partial charge in [-0.3, -0.25) is 9.69 Å². The number of furan rings is 1. The molecule has 3 atom stereocenters. The zero-order chi connectivity index (χ0) is 17.3. The summed E-state index contributed by atoms with van der Waals surface area (Å²) < 4.78 is 5.86. The minimum Gasteiger partial charge on any atom is -0.459 e. The summed E-state index contributed by atoms with van der Waals surface area (Å²) in [7, 11) is 2.13. The zero-order valence-electron chi connectivity index (χ0n) is 15.0. The van der Waals surface area contributed by atoms with E-state index in [0.29, 0.717) is 6.04 Å². The van der Waals surface area contributed by atoms with Crippen LogP contribution in [-0.2, 0) is 4.79 Å². The second kappa shape index (κ2) is 6.95. The monoisotopic (exact) mass is 329 g/mol. The maximum Gasteiger partial charge on any atom is 0.237 e. The van der Waals surface area contributed by atoms with Gasteiger partial charge in [-0.25, -0.2) is 0 Å². The first-order valence-corrected chi connectivity index (χ1v) is 8.69. The van der Waals surface area contributed by atoms with Crippen molar-refractivity contribution in [2.45, 2.75) is 38.9 Å². The summed E-state index contributed by atoms with van der Waals surface area (Å²) >= 11 is 0. The van der Waals surface area contributed by atoms with E-state index in [2.05, 4.69) is 29.1 Å². The molecule has 1 aromatic heterocycles. The summed E-state index contributed by atoms with van der Waals surface area (Å²) in [5.41, 5.74) is 0.856. The number of piperazine rings is 1. The number of likely N-dealkylation sites (N-methyl/N-ethyl adjacent to an activating group) is 1. The molecule has 0 spiro atoms. The highest BCUT2D eigenvalue weighted by Gasteiger charge is 2.30. The topological polar surface area (TPSA) is 48.7 Å². The van der Waals surface area contributed by atoms with Gasteiger partial charge in [0.1, 0.15) is 11.3 Å². The van der Waals surface area contributed by atoms with Gasteiger partial charge in [-0.05, 0) is 40.0 Å². The molecule has 1 aromatic carbocycles. The van der Waals surface area contributed by atoms with Gasteiger partial charge in [-0.1, -0.05) is 18.2 Å². The number of hydrogen-bond donors (Lipinski definition) is 1. The summed E-state index contributed by atoms with van der Waals surface area (Å²) in [6.07, 6.45) is 0. The number of hydrogen-bond acceptors (Lipinski definition) is 4. The van der Waals surface area contributed by atoms with Gasteiger partial charge in [0.15, 0.2) is 0 Å². The standard InChI is InChI=1S/C19H27N3O2/c1-13-12-21(4)9-10-22(13)15(3)19(23)20-14(2)18-11-16-7-5-6-8-17(16)24-18/h5-8,11,13-15H,9-10,12H2,1-4H3,(H,20,23)/t13-,14-,15+/m0/s1. The van der Waals surface area contributed by atoms with E-state index in [9.17, 15) is 4.79 Å². The molecule has 0 unspecified atom stereocenters. The summed E-state index contributed by atoms with van der Waals surface area (Å²) in [5, 5.41) is 4.16. The van der Waals surface area contributed by atoms with Crippen LogP contribution in [0.1, 0.15) is 32.6 Å². The van der Waals surface area contributed by atoms with Gasteiger partial charge in [0.25, 0.3) is 0 Å². The smallest absolute Gasteiger partial charge is 0.237 e. The van der Waals surface area contributed by atoms with E-state index in [-0.39, 0.29) is 18.0 Å². The number of fused-ring (bicyclic) bond motifs is 1. The lowest BCUT2D eigenvalue weighted by atomic mass is 10.1. The van der Waals surface area contributed by atoms with Gasteiger partial charge in [0.05, 0.1) is 12.1 Å². The first kappa shape index (κ1) is 17.0. The van der Waals surface area contributed by atoms with Crippen LogP contribution in [0.25, 0.3) is 11.0 Å². The Morgan fingerprint density at radius 3 is 2.75 bits per heavy atom. The predicted molar refractivity (Wildman–Crippen MR) is 95.9 cm³/mol. The van der Waals surface area contributed by atoms with Crippen molar-refractivity contribution in [3.05, 3.63) is 36.1 Å². The molecule has 0 aliphatic carbocycles. The van der Waals surface area contributed by atoms with E-state index < -0.39 is 0 Å². The quantitative estimate of drug-likeness (QED) is 0.937. The number of amides is 1. The van der Waals surface area contributed by atoms with Crippen LogP contribution in [-0.4, -0.2) is 54.5 Å². The van der Waals surface area contributed by atoms with Crippen LogP contribution >= 0.6 is 0 Å². The number of para-hydroxylation sites is 1. The Labute approximate surface area is 143 Å². The second-order valence-corrected chi connectivity index (χ2v) is 6.94. The molecule has 0 bridgehead atoms. The molecule has 3 rings (SSSR count). The van der Waals surface area contributed by atoms with Crippen molar-refractivity contribution in [2.75, 3.05) is 26.7 Å². The molecule has 2 heterocycles. The van der Waals surface area contributed by atoms with Crippen molar-refractivity contribution in [1.29, 1.82) is 0 Å².